The molecule has 1 rings (SSSR count). The minimum atomic E-state index is -0.730. The third-order valence-electron chi connectivity index (χ3n) is 1.19. The van der Waals surface area contributed by atoms with Gasteiger partial charge in [0.25, 0.3) is 0 Å². The van der Waals surface area contributed by atoms with Crippen LogP contribution in [0.3, 0.4) is 0 Å². The molecule has 0 spiro atoms. The number of hydrogen-bond donors (Lipinski definition) is 2. The van der Waals surface area contributed by atoms with Gasteiger partial charge in [0.2, 0.25) is 0 Å². The Morgan fingerprint density at radius 3 is 2.73 bits per heavy atom. The molecule has 6 heteroatoms. The Morgan fingerprint density at radius 1 is 1.55 bits per heavy atom. The molecule has 6 nitrogen and oxygen atoms in total. The molecule has 0 aromatic carbocycles. The number of hydrogen-bond acceptors (Lipinski definition) is 4. The van der Waals surface area contributed by atoms with Crippen LogP contribution in [0.1, 0.15) is 6.42 Å². The molecule has 0 radical (unpaired) electrons. The summed E-state index contributed by atoms with van der Waals surface area (Å²) in [4.78, 5) is 23.1. The lowest BCUT2D eigenvalue weighted by atomic mass is 10.4. The minimum absolute atomic E-state index is 0.341. The second-order valence-electron chi connectivity index (χ2n) is 2.05. The quantitative estimate of drug-likeness (QED) is 0.560. The highest BCUT2D eigenvalue weighted by molar-refractivity contribution is 4.55. The van der Waals surface area contributed by atoms with Gasteiger partial charge in [0.05, 0.1) is 6.54 Å². The Kier molecular flexibility index (Phi) is 2.27. The van der Waals surface area contributed by atoms with Gasteiger partial charge in [-0.3, -0.25) is 0 Å². The highest BCUT2D eigenvalue weighted by atomic mass is 16.5. The van der Waals surface area contributed by atoms with E-state index in [4.69, 9.17) is 5.73 Å². The smallest absolute Gasteiger partial charge is 0.330 e. The van der Waals surface area contributed by atoms with Crippen molar-refractivity contribution in [1.29, 1.82) is 0 Å². The van der Waals surface area contributed by atoms with Crippen LogP contribution in [-0.2, 0) is 6.54 Å². The summed E-state index contributed by atoms with van der Waals surface area (Å²) in [6.07, 6.45) is 0.612. The fraction of sp³-hybridized carbons (Fsp3) is 0.600. The van der Waals surface area contributed by atoms with Crippen LogP contribution < -0.4 is 17.2 Å². The van der Waals surface area contributed by atoms with Crippen LogP contribution in [0.15, 0.2) is 14.1 Å². The second kappa shape index (κ2) is 3.20. The van der Waals surface area contributed by atoms with E-state index < -0.39 is 11.4 Å². The molecule has 0 bridgehead atoms. The molecule has 11 heavy (non-hydrogen) atoms. The minimum Gasteiger partial charge on any atom is -0.330 e. The van der Waals surface area contributed by atoms with Gasteiger partial charge in [0.15, 0.2) is 0 Å². The Hall–Kier alpha value is -1.30. The maximum absolute atomic E-state index is 10.7. The molecule has 0 amide bonds. The lowest BCUT2D eigenvalue weighted by molar-refractivity contribution is 0.240. The first kappa shape index (κ1) is 7.80. The molecule has 1 heterocycles. The number of aryl methyl sites for hydroxylation is 1. The molecule has 0 aliphatic heterocycles. The average molecular weight is 159 g/mol. The van der Waals surface area contributed by atoms with Crippen molar-refractivity contribution < 1.29 is 4.52 Å². The van der Waals surface area contributed by atoms with E-state index in [2.05, 4.69) is 4.52 Å². The molecule has 0 saturated carbocycles. The number of aromatic nitrogens is 2. The Morgan fingerprint density at radius 2 is 2.27 bits per heavy atom. The highest BCUT2D eigenvalue weighted by Gasteiger charge is 1.99. The molecule has 62 valence electrons. The van der Waals surface area contributed by atoms with Crippen molar-refractivity contribution in [2.24, 2.45) is 5.73 Å². The topological polar surface area (TPSA) is 94.0 Å². The molecule has 0 unspecified atom stereocenters. The van der Waals surface area contributed by atoms with Gasteiger partial charge < -0.3 is 10.3 Å². The van der Waals surface area contributed by atoms with Crippen LogP contribution in [0.5, 0.6) is 0 Å². The first-order chi connectivity index (χ1) is 5.24. The zero-order valence-electron chi connectivity index (χ0n) is 5.87. The van der Waals surface area contributed by atoms with Crippen LogP contribution in [0.25, 0.3) is 0 Å². The highest BCUT2D eigenvalue weighted by Crippen LogP contribution is 1.79. The van der Waals surface area contributed by atoms with Gasteiger partial charge in [0, 0.05) is 0 Å². The number of rotatable bonds is 3. The zero-order valence-corrected chi connectivity index (χ0v) is 5.87. The third-order valence-corrected chi connectivity index (χ3v) is 1.19. The second-order valence-corrected chi connectivity index (χ2v) is 2.05. The zero-order chi connectivity index (χ0) is 8.27. The molecule has 3 N–H and O–H groups in total. The SMILES string of the molecule is NCCCn1oc(=O)[nH]c1=O. The maximum Gasteiger partial charge on any atom is 0.440 e. The van der Waals surface area contributed by atoms with E-state index in [0.29, 0.717) is 19.5 Å². The summed E-state index contributed by atoms with van der Waals surface area (Å²) in [6.45, 7) is 0.801. The van der Waals surface area contributed by atoms with Gasteiger partial charge in [0.1, 0.15) is 0 Å². The number of nitrogens with one attached hydrogen (secondary N) is 1. The van der Waals surface area contributed by atoms with Gasteiger partial charge in [-0.1, -0.05) is 0 Å². The van der Waals surface area contributed by atoms with E-state index in [1.165, 1.54) is 0 Å². The number of nitrogens with zero attached hydrogens (tertiary/aromatic N) is 1. The molecule has 1 aromatic rings. The predicted molar refractivity (Wildman–Crippen MR) is 37.3 cm³/mol. The number of aromatic amines is 1. The van der Waals surface area contributed by atoms with E-state index in [9.17, 15) is 9.59 Å². The van der Waals surface area contributed by atoms with Crippen LogP contribution >= 0.6 is 0 Å². The number of nitrogens with two attached hydrogens (primary N) is 1. The molecule has 1 aromatic heterocycles. The largest absolute Gasteiger partial charge is 0.440 e. The van der Waals surface area contributed by atoms with Crippen molar-refractivity contribution in [3.8, 4) is 0 Å². The first-order valence-corrected chi connectivity index (χ1v) is 3.24. The summed E-state index contributed by atoms with van der Waals surface area (Å²) in [7, 11) is 0. The van der Waals surface area contributed by atoms with Gasteiger partial charge in [-0.2, -0.15) is 4.74 Å². The summed E-state index contributed by atoms with van der Waals surface area (Å²) in [5.41, 5.74) is 4.66. The van der Waals surface area contributed by atoms with Crippen molar-refractivity contribution >= 4 is 0 Å². The monoisotopic (exact) mass is 159 g/mol. The molecule has 0 fully saturated rings. The summed E-state index contributed by atoms with van der Waals surface area (Å²) in [5, 5.41) is 0. The fourth-order valence-electron chi connectivity index (χ4n) is 0.696. The lowest BCUT2D eigenvalue weighted by Gasteiger charge is -1.93. The summed E-state index contributed by atoms with van der Waals surface area (Å²) in [5.74, 6) is -0.730. The van der Waals surface area contributed by atoms with Crippen LogP contribution in [0.2, 0.25) is 0 Å². The molecule has 0 aliphatic carbocycles. The van der Waals surface area contributed by atoms with E-state index in [1.54, 1.807) is 0 Å². The fourth-order valence-corrected chi connectivity index (χ4v) is 0.696. The molecular formula is C5H9N3O3. The van der Waals surface area contributed by atoms with E-state index in [0.717, 1.165) is 4.74 Å². The Bertz CT molecular complexity index is 320. The molecule has 0 saturated heterocycles. The molecule has 0 atom stereocenters. The van der Waals surface area contributed by atoms with Crippen LogP contribution in [0.4, 0.5) is 0 Å². The van der Waals surface area contributed by atoms with E-state index in [-0.39, 0.29) is 0 Å². The van der Waals surface area contributed by atoms with Crippen LogP contribution in [0, 0.1) is 0 Å². The van der Waals surface area contributed by atoms with Gasteiger partial charge in [-0.05, 0) is 13.0 Å². The van der Waals surface area contributed by atoms with Crippen molar-refractivity contribution in [2.75, 3.05) is 6.54 Å². The van der Waals surface area contributed by atoms with Crippen molar-refractivity contribution in [1.82, 2.24) is 9.72 Å². The average Bonchev–Trinajstić information content (AvgIpc) is 2.26. The first-order valence-electron chi connectivity index (χ1n) is 3.24. The normalized spacial score (nSPS) is 10.3. The molecule has 0 aliphatic rings. The van der Waals surface area contributed by atoms with Crippen molar-refractivity contribution in [3.05, 3.63) is 21.0 Å². The van der Waals surface area contributed by atoms with Crippen molar-refractivity contribution in [2.45, 2.75) is 13.0 Å². The lowest BCUT2D eigenvalue weighted by Crippen LogP contribution is -2.18. The van der Waals surface area contributed by atoms with Gasteiger partial charge >= 0.3 is 11.4 Å². The predicted octanol–water partition coefficient (Wildman–Crippen LogP) is -1.52. The van der Waals surface area contributed by atoms with Gasteiger partial charge in [-0.25, -0.2) is 14.6 Å². The maximum atomic E-state index is 10.7. The van der Waals surface area contributed by atoms with Crippen LogP contribution in [-0.4, -0.2) is 16.3 Å². The summed E-state index contributed by atoms with van der Waals surface area (Å²) >= 11 is 0. The van der Waals surface area contributed by atoms with Gasteiger partial charge in [-0.15, -0.1) is 0 Å². The third kappa shape index (κ3) is 1.81. The summed E-state index contributed by atoms with van der Waals surface area (Å²) in [6, 6.07) is 0. The Labute approximate surface area is 61.6 Å². The Balaban J connectivity index is 2.78. The summed E-state index contributed by atoms with van der Waals surface area (Å²) < 4.78 is 5.41. The molecular weight excluding hydrogens is 150 g/mol. The van der Waals surface area contributed by atoms with E-state index >= 15 is 0 Å². The standard InChI is InChI=1S/C5H9N3O3/c6-2-1-3-8-4(9)7-5(10)11-8/h1-3,6H2,(H,7,9,10). The van der Waals surface area contributed by atoms with Crippen molar-refractivity contribution in [3.63, 3.8) is 0 Å². The van der Waals surface area contributed by atoms with E-state index in [1.807, 2.05) is 4.98 Å². The number of H-pyrrole nitrogens is 1.